The van der Waals surface area contributed by atoms with Crippen LogP contribution >= 0.6 is 0 Å². The summed E-state index contributed by atoms with van der Waals surface area (Å²) in [5, 5.41) is 0. The molecule has 1 aliphatic heterocycles. The molecule has 0 aromatic heterocycles. The van der Waals surface area contributed by atoms with Gasteiger partial charge in [0, 0.05) is 6.04 Å². The van der Waals surface area contributed by atoms with Crippen LogP contribution in [0.2, 0.25) is 0 Å². The first-order valence-electron chi connectivity index (χ1n) is 6.94. The summed E-state index contributed by atoms with van der Waals surface area (Å²) in [4.78, 5) is 0. The number of rotatable bonds is 6. The van der Waals surface area contributed by atoms with Gasteiger partial charge >= 0.3 is 0 Å². The molecule has 20 heavy (non-hydrogen) atoms. The molecule has 1 heterocycles. The van der Waals surface area contributed by atoms with Crippen LogP contribution in [-0.2, 0) is 17.8 Å². The number of nitrogens with two attached hydrogens (primary N) is 1. The highest BCUT2D eigenvalue weighted by molar-refractivity contribution is 5.28. The Hall–Kier alpha value is -1.84. The molecular weight excluding hydrogens is 250 g/mol. The van der Waals surface area contributed by atoms with Gasteiger partial charge in [-0.1, -0.05) is 42.5 Å². The summed E-state index contributed by atoms with van der Waals surface area (Å²) in [6, 6.07) is 18.4. The normalized spacial score (nSPS) is 18.6. The number of hydrogen-bond acceptors (Lipinski definition) is 3. The van der Waals surface area contributed by atoms with E-state index in [1.807, 2.05) is 30.3 Å². The zero-order valence-electron chi connectivity index (χ0n) is 11.4. The van der Waals surface area contributed by atoms with Gasteiger partial charge in [0.05, 0.1) is 12.7 Å². The molecular formula is C17H19NO2. The number of epoxide rings is 1. The molecule has 2 aromatic rings. The summed E-state index contributed by atoms with van der Waals surface area (Å²) in [6.07, 6.45) is 1.10. The third-order valence-corrected chi connectivity index (χ3v) is 3.48. The Balaban J connectivity index is 1.53. The third-order valence-electron chi connectivity index (χ3n) is 3.48. The van der Waals surface area contributed by atoms with Gasteiger partial charge in [-0.05, 0) is 29.7 Å². The highest BCUT2D eigenvalue weighted by Crippen LogP contribution is 2.19. The fraction of sp³-hybridized carbons (Fsp3) is 0.294. The van der Waals surface area contributed by atoms with E-state index in [2.05, 4.69) is 24.3 Å². The molecule has 3 rings (SSSR count). The minimum atomic E-state index is 0.103. The first-order chi connectivity index (χ1) is 9.81. The van der Waals surface area contributed by atoms with Crippen LogP contribution in [0.15, 0.2) is 54.6 Å². The molecule has 0 bridgehead atoms. The van der Waals surface area contributed by atoms with Crippen molar-refractivity contribution in [2.24, 2.45) is 5.73 Å². The van der Waals surface area contributed by atoms with Crippen molar-refractivity contribution in [3.63, 3.8) is 0 Å². The molecule has 0 aliphatic carbocycles. The van der Waals surface area contributed by atoms with Gasteiger partial charge in [0.2, 0.25) is 0 Å². The Morgan fingerprint density at radius 3 is 2.40 bits per heavy atom. The average molecular weight is 269 g/mol. The summed E-state index contributed by atoms with van der Waals surface area (Å²) in [5.41, 5.74) is 8.42. The minimum absolute atomic E-state index is 0.103. The van der Waals surface area contributed by atoms with Crippen LogP contribution in [0.25, 0.3) is 0 Å². The molecule has 3 heteroatoms. The minimum Gasteiger partial charge on any atom is -0.489 e. The fourth-order valence-corrected chi connectivity index (χ4v) is 2.17. The highest BCUT2D eigenvalue weighted by atomic mass is 16.6. The maximum atomic E-state index is 6.03. The molecule has 104 valence electrons. The molecule has 3 nitrogen and oxygen atoms in total. The van der Waals surface area contributed by atoms with E-state index in [0.29, 0.717) is 6.61 Å². The van der Waals surface area contributed by atoms with Gasteiger partial charge in [-0.3, -0.25) is 0 Å². The van der Waals surface area contributed by atoms with Gasteiger partial charge in [-0.25, -0.2) is 0 Å². The van der Waals surface area contributed by atoms with Crippen molar-refractivity contribution in [3.8, 4) is 5.75 Å². The van der Waals surface area contributed by atoms with E-state index in [1.54, 1.807) is 0 Å². The van der Waals surface area contributed by atoms with E-state index >= 15 is 0 Å². The van der Waals surface area contributed by atoms with E-state index in [1.165, 1.54) is 11.1 Å². The van der Waals surface area contributed by atoms with E-state index in [-0.39, 0.29) is 12.1 Å². The van der Waals surface area contributed by atoms with Gasteiger partial charge < -0.3 is 15.2 Å². The lowest BCUT2D eigenvalue weighted by molar-refractivity contribution is 0.306. The lowest BCUT2D eigenvalue weighted by Gasteiger charge is -2.10. The summed E-state index contributed by atoms with van der Waals surface area (Å²) >= 11 is 0. The van der Waals surface area contributed by atoms with Crippen LogP contribution < -0.4 is 10.5 Å². The standard InChI is InChI=1S/C17H19NO2/c18-16(17-12-20-17)10-13-6-8-15(9-7-13)19-11-14-4-2-1-3-5-14/h1-9,16-17H,10-12,18H2/t16-,17?/m1/s1. The van der Waals surface area contributed by atoms with Crippen molar-refractivity contribution in [2.75, 3.05) is 6.61 Å². The second kappa shape index (κ2) is 6.07. The molecule has 2 N–H and O–H groups in total. The van der Waals surface area contributed by atoms with E-state index in [4.69, 9.17) is 15.2 Å². The highest BCUT2D eigenvalue weighted by Gasteiger charge is 2.29. The second-order valence-electron chi connectivity index (χ2n) is 5.16. The number of benzene rings is 2. The molecule has 1 saturated heterocycles. The van der Waals surface area contributed by atoms with Crippen molar-refractivity contribution in [1.82, 2.24) is 0 Å². The van der Waals surface area contributed by atoms with Crippen LogP contribution in [0.3, 0.4) is 0 Å². The molecule has 2 aromatic carbocycles. The maximum absolute atomic E-state index is 6.03. The molecule has 1 fully saturated rings. The van der Waals surface area contributed by atoms with Gasteiger partial charge in [0.1, 0.15) is 12.4 Å². The second-order valence-corrected chi connectivity index (χ2v) is 5.16. The van der Waals surface area contributed by atoms with Gasteiger partial charge in [0.15, 0.2) is 0 Å². The van der Waals surface area contributed by atoms with Gasteiger partial charge in [-0.2, -0.15) is 0 Å². The number of ether oxygens (including phenoxy) is 2. The van der Waals surface area contributed by atoms with Crippen LogP contribution in [-0.4, -0.2) is 18.8 Å². The largest absolute Gasteiger partial charge is 0.489 e. The van der Waals surface area contributed by atoms with Gasteiger partial charge in [-0.15, -0.1) is 0 Å². The van der Waals surface area contributed by atoms with Crippen molar-refractivity contribution in [1.29, 1.82) is 0 Å². The predicted molar refractivity (Wildman–Crippen MR) is 78.6 cm³/mol. The summed E-state index contributed by atoms with van der Waals surface area (Å²) in [7, 11) is 0. The fourth-order valence-electron chi connectivity index (χ4n) is 2.17. The molecule has 0 radical (unpaired) electrons. The summed E-state index contributed by atoms with van der Waals surface area (Å²) in [6.45, 7) is 1.40. The molecule has 0 spiro atoms. The Morgan fingerprint density at radius 1 is 1.05 bits per heavy atom. The first kappa shape index (κ1) is 13.2. The Kier molecular flexibility index (Phi) is 4.00. The van der Waals surface area contributed by atoms with Crippen LogP contribution in [0, 0.1) is 0 Å². The Bertz CT molecular complexity index is 535. The van der Waals surface area contributed by atoms with Crippen LogP contribution in [0.5, 0.6) is 5.75 Å². The Labute approximate surface area is 119 Å². The summed E-state index contributed by atoms with van der Waals surface area (Å²) < 4.78 is 11.0. The predicted octanol–water partition coefficient (Wildman–Crippen LogP) is 2.53. The van der Waals surface area contributed by atoms with Crippen molar-refractivity contribution >= 4 is 0 Å². The van der Waals surface area contributed by atoms with Gasteiger partial charge in [0.25, 0.3) is 0 Å². The van der Waals surface area contributed by atoms with Crippen molar-refractivity contribution in [2.45, 2.75) is 25.2 Å². The van der Waals surface area contributed by atoms with E-state index in [0.717, 1.165) is 18.8 Å². The first-order valence-corrected chi connectivity index (χ1v) is 6.94. The Morgan fingerprint density at radius 2 is 1.75 bits per heavy atom. The van der Waals surface area contributed by atoms with E-state index in [9.17, 15) is 0 Å². The van der Waals surface area contributed by atoms with Crippen molar-refractivity contribution in [3.05, 3.63) is 65.7 Å². The molecule has 1 aliphatic rings. The smallest absolute Gasteiger partial charge is 0.119 e. The van der Waals surface area contributed by atoms with Crippen LogP contribution in [0.1, 0.15) is 11.1 Å². The van der Waals surface area contributed by atoms with Crippen LogP contribution in [0.4, 0.5) is 0 Å². The zero-order chi connectivity index (χ0) is 13.8. The topological polar surface area (TPSA) is 47.8 Å². The quantitative estimate of drug-likeness (QED) is 0.820. The summed E-state index contributed by atoms with van der Waals surface area (Å²) in [5.74, 6) is 0.883. The monoisotopic (exact) mass is 269 g/mol. The third kappa shape index (κ3) is 3.59. The number of hydrogen-bond donors (Lipinski definition) is 1. The van der Waals surface area contributed by atoms with Crippen molar-refractivity contribution < 1.29 is 9.47 Å². The SMILES string of the molecule is N[C@H](Cc1ccc(OCc2ccccc2)cc1)C1CO1. The molecule has 0 amide bonds. The molecule has 0 saturated carbocycles. The van der Waals surface area contributed by atoms with E-state index < -0.39 is 0 Å². The average Bonchev–Trinajstić information content (AvgIpc) is 3.32. The maximum Gasteiger partial charge on any atom is 0.119 e. The zero-order valence-corrected chi connectivity index (χ0v) is 11.4. The lowest BCUT2D eigenvalue weighted by atomic mass is 10.0. The molecule has 2 atom stereocenters. The molecule has 1 unspecified atom stereocenters. The lowest BCUT2D eigenvalue weighted by Crippen LogP contribution is -2.28.